The fraction of sp³-hybridized carbons (Fsp3) is 0.600. The summed E-state index contributed by atoms with van der Waals surface area (Å²) in [6.45, 7) is 36.5. The largest absolute Gasteiger partial charge is 0.370 e. The second-order valence-electron chi connectivity index (χ2n) is 9.68. The molecule has 0 spiro atoms. The van der Waals surface area contributed by atoms with Crippen molar-refractivity contribution in [1.29, 1.82) is 0 Å². The number of halogens is 1. The molecule has 1 aromatic heterocycles. The lowest BCUT2D eigenvalue weighted by Gasteiger charge is -2.12. The molecule has 3 nitrogen and oxygen atoms in total. The minimum absolute atomic E-state index is 0.265. The summed E-state index contributed by atoms with van der Waals surface area (Å²) < 4.78 is 13.0. The predicted octanol–water partition coefficient (Wildman–Crippen LogP) is 10.7. The maximum Gasteiger partial charge on any atom is 0.145 e. The summed E-state index contributed by atoms with van der Waals surface area (Å²) in [6, 6.07) is 7.98. The van der Waals surface area contributed by atoms with Crippen LogP contribution in [0.15, 0.2) is 35.8 Å². The number of aliphatic imine (C=N–C) groups is 1. The van der Waals surface area contributed by atoms with Gasteiger partial charge in [-0.3, -0.25) is 9.98 Å². The standard InChI is InChI=1S/C14H22N2.C10H12FN.C7H16.2C2H6/c1-5-9-16-14(15-6-2)13-10-11(3)7-8-12(13)4;1-6(2)9-5-10(11)8(4)12-7(9)3;1-5-7(4)6(2)3;2*1-2/h7-8,10H,5-6,9H2,1-4H3,(H,15,16);5H,1H2,2-4H3;6-7H,5H2,1-4H3;2*1-2H3. The SMILES string of the molecule is C=C(C)c1cc(F)c(C)nc1C.CC.CC.CCC(C)C(C)C.CCCN=C(NCC)c1cc(C)ccc1C. The van der Waals surface area contributed by atoms with Crippen LogP contribution < -0.4 is 5.32 Å². The van der Waals surface area contributed by atoms with Crippen molar-refractivity contribution in [3.8, 4) is 0 Å². The number of rotatable bonds is 7. The Balaban J connectivity index is -0.000000497. The zero-order valence-electron chi connectivity index (χ0n) is 28.3. The van der Waals surface area contributed by atoms with Gasteiger partial charge in [0.2, 0.25) is 0 Å². The lowest BCUT2D eigenvalue weighted by atomic mass is 9.96. The quantitative estimate of drug-likeness (QED) is 0.278. The summed E-state index contributed by atoms with van der Waals surface area (Å²) in [7, 11) is 0. The van der Waals surface area contributed by atoms with Gasteiger partial charge in [-0.15, -0.1) is 0 Å². The van der Waals surface area contributed by atoms with Gasteiger partial charge in [-0.2, -0.15) is 0 Å². The molecule has 224 valence electrons. The molecule has 0 aliphatic heterocycles. The summed E-state index contributed by atoms with van der Waals surface area (Å²) >= 11 is 0. The van der Waals surface area contributed by atoms with Crippen LogP contribution in [0.5, 0.6) is 0 Å². The summed E-state index contributed by atoms with van der Waals surface area (Å²) in [5, 5.41) is 3.35. The van der Waals surface area contributed by atoms with E-state index >= 15 is 0 Å². The van der Waals surface area contributed by atoms with E-state index < -0.39 is 0 Å². The van der Waals surface area contributed by atoms with Crippen molar-refractivity contribution in [2.45, 2.75) is 117 Å². The van der Waals surface area contributed by atoms with Gasteiger partial charge in [0.25, 0.3) is 0 Å². The van der Waals surface area contributed by atoms with Crippen LogP contribution in [0.1, 0.15) is 123 Å². The normalized spacial score (nSPS) is 10.8. The average Bonchev–Trinajstić information content (AvgIpc) is 2.92. The lowest BCUT2D eigenvalue weighted by molar-refractivity contribution is 0.407. The summed E-state index contributed by atoms with van der Waals surface area (Å²) in [6.07, 6.45) is 2.40. The van der Waals surface area contributed by atoms with Gasteiger partial charge in [-0.25, -0.2) is 4.39 Å². The van der Waals surface area contributed by atoms with Crippen molar-refractivity contribution in [3.05, 3.63) is 70.3 Å². The molecule has 0 aliphatic rings. The molecule has 0 fully saturated rings. The van der Waals surface area contributed by atoms with Crippen molar-refractivity contribution in [2.24, 2.45) is 16.8 Å². The second kappa shape index (κ2) is 24.5. The van der Waals surface area contributed by atoms with Gasteiger partial charge in [0.05, 0.1) is 5.69 Å². The molecule has 0 aliphatic carbocycles. The number of nitrogens with one attached hydrogen (secondary N) is 1. The second-order valence-corrected chi connectivity index (χ2v) is 9.68. The molecule has 2 rings (SSSR count). The van der Waals surface area contributed by atoms with E-state index in [1.807, 2.05) is 41.5 Å². The number of hydrogen-bond donors (Lipinski definition) is 1. The minimum Gasteiger partial charge on any atom is -0.370 e. The molecule has 0 saturated heterocycles. The van der Waals surface area contributed by atoms with E-state index in [0.717, 1.165) is 54.0 Å². The third kappa shape index (κ3) is 17.7. The zero-order chi connectivity index (χ0) is 31.1. The van der Waals surface area contributed by atoms with Crippen LogP contribution in [0.2, 0.25) is 0 Å². The number of pyridine rings is 1. The highest BCUT2D eigenvalue weighted by Gasteiger charge is 2.06. The number of nitrogens with zero attached hydrogens (tertiary/aromatic N) is 2. The molecule has 1 N–H and O–H groups in total. The maximum absolute atomic E-state index is 13.0. The third-order valence-electron chi connectivity index (χ3n) is 6.07. The Bertz CT molecular complexity index is 945. The molecular formula is C35H62FN3. The monoisotopic (exact) mass is 543 g/mol. The van der Waals surface area contributed by atoms with Crippen LogP contribution in [0, 0.1) is 45.3 Å². The van der Waals surface area contributed by atoms with Crippen LogP contribution in [0.3, 0.4) is 0 Å². The Kier molecular flexibility index (Phi) is 25.8. The van der Waals surface area contributed by atoms with Crippen molar-refractivity contribution in [2.75, 3.05) is 13.1 Å². The Morgan fingerprint density at radius 1 is 0.923 bits per heavy atom. The van der Waals surface area contributed by atoms with Crippen LogP contribution >= 0.6 is 0 Å². The van der Waals surface area contributed by atoms with E-state index in [-0.39, 0.29) is 5.82 Å². The van der Waals surface area contributed by atoms with Gasteiger partial charge < -0.3 is 5.32 Å². The molecule has 0 amide bonds. The highest BCUT2D eigenvalue weighted by atomic mass is 19.1. The molecule has 4 heteroatoms. The van der Waals surface area contributed by atoms with Crippen molar-refractivity contribution >= 4 is 11.4 Å². The molecule has 1 atom stereocenters. The number of amidine groups is 1. The molecule has 0 radical (unpaired) electrons. The summed E-state index contributed by atoms with van der Waals surface area (Å²) in [4.78, 5) is 8.67. The maximum atomic E-state index is 13.0. The molecule has 1 aromatic carbocycles. The Morgan fingerprint density at radius 2 is 1.49 bits per heavy atom. The third-order valence-corrected chi connectivity index (χ3v) is 6.07. The van der Waals surface area contributed by atoms with Crippen LogP contribution in [0.4, 0.5) is 4.39 Å². The minimum atomic E-state index is -0.265. The van der Waals surface area contributed by atoms with Crippen LogP contribution in [-0.2, 0) is 0 Å². The van der Waals surface area contributed by atoms with Crippen molar-refractivity contribution in [1.82, 2.24) is 10.3 Å². The van der Waals surface area contributed by atoms with Gasteiger partial charge in [-0.1, -0.05) is 93.0 Å². The fourth-order valence-electron chi connectivity index (χ4n) is 3.22. The number of aryl methyl sites for hydroxylation is 4. The van der Waals surface area contributed by atoms with E-state index in [2.05, 4.69) is 95.5 Å². The van der Waals surface area contributed by atoms with Gasteiger partial charge in [0.15, 0.2) is 0 Å². The Hall–Kier alpha value is -2.49. The number of benzene rings is 1. The number of allylic oxidation sites excluding steroid dienone is 1. The molecule has 1 unspecified atom stereocenters. The smallest absolute Gasteiger partial charge is 0.145 e. The van der Waals surface area contributed by atoms with E-state index in [0.29, 0.717) is 5.69 Å². The van der Waals surface area contributed by atoms with Gasteiger partial charge in [0.1, 0.15) is 11.7 Å². The molecule has 2 aromatic rings. The fourth-order valence-corrected chi connectivity index (χ4v) is 3.22. The first-order valence-corrected chi connectivity index (χ1v) is 15.0. The van der Waals surface area contributed by atoms with E-state index in [1.54, 1.807) is 6.92 Å². The lowest BCUT2D eigenvalue weighted by Crippen LogP contribution is -2.25. The Labute approximate surface area is 242 Å². The first-order chi connectivity index (χ1) is 18.4. The van der Waals surface area contributed by atoms with Crippen molar-refractivity contribution < 1.29 is 4.39 Å². The molecule has 39 heavy (non-hydrogen) atoms. The first-order valence-electron chi connectivity index (χ1n) is 15.0. The number of aromatic nitrogens is 1. The van der Waals surface area contributed by atoms with E-state index in [1.165, 1.54) is 29.2 Å². The molecular weight excluding hydrogens is 481 g/mol. The molecule has 0 bridgehead atoms. The average molecular weight is 544 g/mol. The first kappa shape index (κ1) is 41.0. The highest BCUT2D eigenvalue weighted by Crippen LogP contribution is 2.17. The van der Waals surface area contributed by atoms with Gasteiger partial charge in [-0.05, 0) is 83.1 Å². The summed E-state index contributed by atoms with van der Waals surface area (Å²) in [5.41, 5.74) is 6.72. The highest BCUT2D eigenvalue weighted by molar-refractivity contribution is 6.00. The predicted molar refractivity (Wildman–Crippen MR) is 177 cm³/mol. The molecule has 0 saturated carbocycles. The van der Waals surface area contributed by atoms with Gasteiger partial charge >= 0.3 is 0 Å². The summed E-state index contributed by atoms with van der Waals surface area (Å²) in [5.74, 6) is 2.54. The van der Waals surface area contributed by atoms with Gasteiger partial charge in [0, 0.05) is 29.9 Å². The Morgan fingerprint density at radius 3 is 1.90 bits per heavy atom. The zero-order valence-corrected chi connectivity index (χ0v) is 28.3. The number of hydrogen-bond acceptors (Lipinski definition) is 2. The van der Waals surface area contributed by atoms with Crippen LogP contribution in [-0.4, -0.2) is 23.9 Å². The van der Waals surface area contributed by atoms with E-state index in [9.17, 15) is 4.39 Å². The van der Waals surface area contributed by atoms with Crippen molar-refractivity contribution in [3.63, 3.8) is 0 Å². The van der Waals surface area contributed by atoms with Crippen LogP contribution in [0.25, 0.3) is 5.57 Å². The molecule has 1 heterocycles. The van der Waals surface area contributed by atoms with E-state index in [4.69, 9.17) is 0 Å². The topological polar surface area (TPSA) is 37.3 Å².